The molecule has 124 valence electrons. The van der Waals surface area contributed by atoms with Crippen LogP contribution < -0.4 is 5.32 Å². The van der Waals surface area contributed by atoms with Crippen molar-refractivity contribution in [2.75, 3.05) is 5.32 Å². The van der Waals surface area contributed by atoms with Crippen LogP contribution in [0.1, 0.15) is 17.3 Å². The lowest BCUT2D eigenvalue weighted by atomic mass is 10.1. The van der Waals surface area contributed by atoms with Crippen LogP contribution in [0, 0.1) is 0 Å². The van der Waals surface area contributed by atoms with Crippen LogP contribution in [0.2, 0.25) is 0 Å². The minimum absolute atomic E-state index is 0.259. The van der Waals surface area contributed by atoms with Gasteiger partial charge in [0.05, 0.1) is 17.1 Å². The second-order valence-corrected chi connectivity index (χ2v) is 5.81. The molecule has 0 atom stereocenters. The van der Waals surface area contributed by atoms with Gasteiger partial charge in [0.25, 0.3) is 5.91 Å². The summed E-state index contributed by atoms with van der Waals surface area (Å²) < 4.78 is 0. The van der Waals surface area contributed by atoms with Gasteiger partial charge < -0.3 is 0 Å². The number of nitrogens with one attached hydrogen (secondary N) is 1. The number of anilines is 1. The standard InChI is InChI=1S/C18H15N5OS/c1-3-20-15-10-12(7-8-13(15)19-2)17(24)23-18-22-16(11-25-18)14-6-4-5-9-21-14/h3-11H,2H2,1H3,(H,22,23,24). The van der Waals surface area contributed by atoms with E-state index in [1.807, 2.05) is 23.6 Å². The van der Waals surface area contributed by atoms with Gasteiger partial charge in [-0.3, -0.25) is 25.1 Å². The molecule has 6 nitrogen and oxygen atoms in total. The number of benzene rings is 1. The molecule has 3 aromatic rings. The summed E-state index contributed by atoms with van der Waals surface area (Å²) in [7, 11) is 0. The highest BCUT2D eigenvalue weighted by molar-refractivity contribution is 7.14. The number of aromatic nitrogens is 2. The van der Waals surface area contributed by atoms with Gasteiger partial charge in [0.1, 0.15) is 5.69 Å². The fourth-order valence-corrected chi connectivity index (χ4v) is 2.87. The first-order valence-corrected chi connectivity index (χ1v) is 8.37. The van der Waals surface area contributed by atoms with Gasteiger partial charge in [0.2, 0.25) is 0 Å². The molecular weight excluding hydrogens is 334 g/mol. The molecule has 2 aromatic heterocycles. The molecule has 0 spiro atoms. The van der Waals surface area contributed by atoms with E-state index in [1.54, 1.807) is 37.5 Å². The van der Waals surface area contributed by atoms with Crippen molar-refractivity contribution in [3.05, 3.63) is 53.5 Å². The van der Waals surface area contributed by atoms with Crippen LogP contribution in [0.25, 0.3) is 11.4 Å². The lowest BCUT2D eigenvalue weighted by molar-refractivity contribution is 0.102. The van der Waals surface area contributed by atoms with Crippen LogP contribution in [0.15, 0.2) is 58.0 Å². The predicted molar refractivity (Wildman–Crippen MR) is 103 cm³/mol. The smallest absolute Gasteiger partial charge is 0.257 e. The van der Waals surface area contributed by atoms with E-state index < -0.39 is 0 Å². The SMILES string of the molecule is C=Nc1ccc(C(=O)Nc2nc(-c3ccccn3)cs2)cc1N=CC. The minimum atomic E-state index is -0.259. The second kappa shape index (κ2) is 7.59. The van der Waals surface area contributed by atoms with Crippen LogP contribution in [-0.4, -0.2) is 28.8 Å². The van der Waals surface area contributed by atoms with Crippen LogP contribution in [0.3, 0.4) is 0 Å². The normalized spacial score (nSPS) is 10.8. The third-order valence-electron chi connectivity index (χ3n) is 3.33. The highest BCUT2D eigenvalue weighted by Crippen LogP contribution is 2.29. The van der Waals surface area contributed by atoms with Crippen molar-refractivity contribution in [1.82, 2.24) is 9.97 Å². The maximum Gasteiger partial charge on any atom is 0.257 e. The number of aliphatic imine (C=N–C) groups is 2. The maximum absolute atomic E-state index is 12.5. The fraction of sp³-hybridized carbons (Fsp3) is 0.0556. The van der Waals surface area contributed by atoms with Crippen LogP contribution in [0.4, 0.5) is 16.5 Å². The molecule has 0 saturated heterocycles. The first-order valence-electron chi connectivity index (χ1n) is 7.49. The Hall–Kier alpha value is -3.19. The number of nitrogens with zero attached hydrogens (tertiary/aromatic N) is 4. The molecule has 7 heteroatoms. The quantitative estimate of drug-likeness (QED) is 0.688. The van der Waals surface area contributed by atoms with E-state index in [1.165, 1.54) is 11.3 Å². The summed E-state index contributed by atoms with van der Waals surface area (Å²) >= 11 is 1.35. The van der Waals surface area contributed by atoms with E-state index >= 15 is 0 Å². The summed E-state index contributed by atoms with van der Waals surface area (Å²) in [5.74, 6) is -0.259. The molecule has 3 rings (SSSR count). The van der Waals surface area contributed by atoms with Gasteiger partial charge in [-0.15, -0.1) is 11.3 Å². The number of hydrogen-bond donors (Lipinski definition) is 1. The average Bonchev–Trinajstić information content (AvgIpc) is 3.11. The van der Waals surface area contributed by atoms with Crippen molar-refractivity contribution in [2.45, 2.75) is 6.92 Å². The monoisotopic (exact) mass is 349 g/mol. The molecule has 0 aliphatic carbocycles. The third-order valence-corrected chi connectivity index (χ3v) is 4.09. The molecule has 1 amide bonds. The van der Waals surface area contributed by atoms with Gasteiger partial charge in [-0.05, 0) is 44.0 Å². The Kier molecular flexibility index (Phi) is 5.06. The summed E-state index contributed by atoms with van der Waals surface area (Å²) in [6.07, 6.45) is 3.35. The molecule has 0 aliphatic rings. The first-order chi connectivity index (χ1) is 12.2. The van der Waals surface area contributed by atoms with Gasteiger partial charge in [-0.25, -0.2) is 4.98 Å². The predicted octanol–water partition coefficient (Wildman–Crippen LogP) is 4.51. The van der Waals surface area contributed by atoms with Gasteiger partial charge in [-0.2, -0.15) is 0 Å². The van der Waals surface area contributed by atoms with E-state index in [-0.39, 0.29) is 5.91 Å². The fourth-order valence-electron chi connectivity index (χ4n) is 2.17. The highest BCUT2D eigenvalue weighted by Gasteiger charge is 2.12. The molecule has 0 unspecified atom stereocenters. The molecule has 1 aromatic carbocycles. The summed E-state index contributed by atoms with van der Waals surface area (Å²) in [5.41, 5.74) is 3.19. The van der Waals surface area contributed by atoms with Crippen LogP contribution in [-0.2, 0) is 0 Å². The van der Waals surface area contributed by atoms with Crippen molar-refractivity contribution >= 4 is 46.7 Å². The number of amides is 1. The van der Waals surface area contributed by atoms with Crippen molar-refractivity contribution in [3.63, 3.8) is 0 Å². The summed E-state index contributed by atoms with van der Waals surface area (Å²) in [5, 5.41) is 5.17. The van der Waals surface area contributed by atoms with Gasteiger partial charge in [0.15, 0.2) is 5.13 Å². The van der Waals surface area contributed by atoms with Crippen molar-refractivity contribution in [2.24, 2.45) is 9.98 Å². The Balaban J connectivity index is 1.80. The number of hydrogen-bond acceptors (Lipinski definition) is 6. The van der Waals surface area contributed by atoms with E-state index in [0.717, 1.165) is 11.4 Å². The molecule has 1 N–H and O–H groups in total. The van der Waals surface area contributed by atoms with E-state index in [0.29, 0.717) is 22.1 Å². The van der Waals surface area contributed by atoms with Gasteiger partial charge in [0, 0.05) is 23.4 Å². The Morgan fingerprint density at radius 1 is 1.24 bits per heavy atom. The number of pyridine rings is 1. The number of thiazole rings is 1. The van der Waals surface area contributed by atoms with Gasteiger partial charge >= 0.3 is 0 Å². The zero-order valence-electron chi connectivity index (χ0n) is 13.5. The zero-order valence-corrected chi connectivity index (χ0v) is 14.3. The molecule has 2 heterocycles. The van der Waals surface area contributed by atoms with E-state index in [4.69, 9.17) is 0 Å². The maximum atomic E-state index is 12.5. The van der Waals surface area contributed by atoms with Crippen molar-refractivity contribution < 1.29 is 4.79 Å². The number of carbonyl (C=O) groups is 1. The lowest BCUT2D eigenvalue weighted by Gasteiger charge is -2.05. The molecule has 0 aliphatic heterocycles. The molecule has 0 fully saturated rings. The Labute approximate surface area is 149 Å². The van der Waals surface area contributed by atoms with Crippen molar-refractivity contribution in [3.8, 4) is 11.4 Å². The summed E-state index contributed by atoms with van der Waals surface area (Å²) in [4.78, 5) is 29.2. The van der Waals surface area contributed by atoms with E-state index in [2.05, 4.69) is 32.0 Å². The largest absolute Gasteiger partial charge is 0.298 e. The zero-order chi connectivity index (χ0) is 17.6. The molecule has 25 heavy (non-hydrogen) atoms. The molecule has 0 bridgehead atoms. The summed E-state index contributed by atoms with van der Waals surface area (Å²) in [6, 6.07) is 10.7. The van der Waals surface area contributed by atoms with Crippen LogP contribution >= 0.6 is 11.3 Å². The summed E-state index contributed by atoms with van der Waals surface area (Å²) in [6.45, 7) is 5.31. The highest BCUT2D eigenvalue weighted by atomic mass is 32.1. The Morgan fingerprint density at radius 3 is 2.84 bits per heavy atom. The molecule has 0 saturated carbocycles. The average molecular weight is 349 g/mol. The van der Waals surface area contributed by atoms with Gasteiger partial charge in [-0.1, -0.05) is 6.07 Å². The molecular formula is C18H15N5OS. The second-order valence-electron chi connectivity index (χ2n) is 4.96. The Bertz CT molecular complexity index is 934. The topological polar surface area (TPSA) is 79.6 Å². The Morgan fingerprint density at radius 2 is 2.12 bits per heavy atom. The molecule has 0 radical (unpaired) electrons. The lowest BCUT2D eigenvalue weighted by Crippen LogP contribution is -2.11. The third kappa shape index (κ3) is 3.84. The minimum Gasteiger partial charge on any atom is -0.298 e. The van der Waals surface area contributed by atoms with Crippen LogP contribution in [0.5, 0.6) is 0 Å². The van der Waals surface area contributed by atoms with E-state index in [9.17, 15) is 4.79 Å². The first kappa shape index (κ1) is 16.7. The van der Waals surface area contributed by atoms with Crippen molar-refractivity contribution in [1.29, 1.82) is 0 Å². The number of rotatable bonds is 5. The number of carbonyl (C=O) groups excluding carboxylic acids is 1.